The van der Waals surface area contributed by atoms with Gasteiger partial charge in [-0.25, -0.2) is 9.18 Å². The molecule has 1 saturated carbocycles. The van der Waals surface area contributed by atoms with Crippen LogP contribution in [-0.4, -0.2) is 23.3 Å². The molecular formula is C11H12FNO3. The van der Waals surface area contributed by atoms with Crippen LogP contribution in [0.4, 0.5) is 9.18 Å². The maximum absolute atomic E-state index is 12.6. The summed E-state index contributed by atoms with van der Waals surface area (Å²) in [4.78, 5) is 10.3. The fourth-order valence-corrected chi connectivity index (χ4v) is 1.66. The molecule has 1 aliphatic rings. The zero-order valence-electron chi connectivity index (χ0n) is 8.52. The first-order valence-electron chi connectivity index (χ1n) is 5.05. The molecule has 0 spiro atoms. The van der Waals surface area contributed by atoms with E-state index < -0.39 is 6.09 Å². The fourth-order valence-electron chi connectivity index (χ4n) is 1.66. The Hall–Kier alpha value is -1.78. The first-order valence-corrected chi connectivity index (χ1v) is 5.05. The molecule has 0 unspecified atom stereocenters. The number of carbonyl (C=O) groups is 1. The van der Waals surface area contributed by atoms with Gasteiger partial charge in [0.25, 0.3) is 0 Å². The van der Waals surface area contributed by atoms with E-state index in [-0.39, 0.29) is 18.0 Å². The molecule has 0 saturated heterocycles. The number of hydrogen-bond acceptors (Lipinski definition) is 2. The monoisotopic (exact) mass is 225 g/mol. The molecule has 86 valence electrons. The van der Waals surface area contributed by atoms with E-state index in [0.29, 0.717) is 18.6 Å². The molecule has 5 heteroatoms. The molecule has 0 bridgehead atoms. The highest BCUT2D eigenvalue weighted by Crippen LogP contribution is 2.25. The summed E-state index contributed by atoms with van der Waals surface area (Å²) in [6.45, 7) is 0. The van der Waals surface area contributed by atoms with Gasteiger partial charge in [0.15, 0.2) is 0 Å². The largest absolute Gasteiger partial charge is 0.490 e. The minimum absolute atomic E-state index is 0.0160. The Bertz CT molecular complexity index is 373. The van der Waals surface area contributed by atoms with E-state index in [4.69, 9.17) is 9.84 Å². The van der Waals surface area contributed by atoms with Crippen LogP contribution in [0.2, 0.25) is 0 Å². The average Bonchev–Trinajstić information content (AvgIpc) is 2.17. The molecule has 1 fully saturated rings. The van der Waals surface area contributed by atoms with Gasteiger partial charge in [0, 0.05) is 18.9 Å². The molecule has 1 amide bonds. The van der Waals surface area contributed by atoms with Gasteiger partial charge in [0.1, 0.15) is 17.7 Å². The van der Waals surface area contributed by atoms with Gasteiger partial charge in [-0.2, -0.15) is 0 Å². The summed E-state index contributed by atoms with van der Waals surface area (Å²) >= 11 is 0. The van der Waals surface area contributed by atoms with E-state index in [0.717, 1.165) is 0 Å². The second-order valence-electron chi connectivity index (χ2n) is 3.81. The normalized spacial score (nSPS) is 23.3. The molecule has 0 atom stereocenters. The first kappa shape index (κ1) is 10.7. The van der Waals surface area contributed by atoms with Gasteiger partial charge in [0.2, 0.25) is 0 Å². The van der Waals surface area contributed by atoms with Crippen LogP contribution in [0.3, 0.4) is 0 Å². The number of amides is 1. The number of benzene rings is 1. The molecule has 2 N–H and O–H groups in total. The summed E-state index contributed by atoms with van der Waals surface area (Å²) in [7, 11) is 0. The van der Waals surface area contributed by atoms with Crippen LogP contribution in [0.1, 0.15) is 12.8 Å². The van der Waals surface area contributed by atoms with Crippen molar-refractivity contribution in [2.75, 3.05) is 0 Å². The van der Waals surface area contributed by atoms with Gasteiger partial charge >= 0.3 is 6.09 Å². The van der Waals surface area contributed by atoms with Crippen LogP contribution in [0, 0.1) is 5.82 Å². The summed E-state index contributed by atoms with van der Waals surface area (Å²) in [6.07, 6.45) is 0.320. The Kier molecular flexibility index (Phi) is 2.94. The topological polar surface area (TPSA) is 58.6 Å². The number of carboxylic acid groups (broad SMARTS) is 1. The Balaban J connectivity index is 1.77. The third kappa shape index (κ3) is 2.62. The third-order valence-electron chi connectivity index (χ3n) is 2.54. The lowest BCUT2D eigenvalue weighted by Crippen LogP contribution is -2.48. The lowest BCUT2D eigenvalue weighted by molar-refractivity contribution is 0.0833. The van der Waals surface area contributed by atoms with E-state index in [1.165, 1.54) is 12.1 Å². The fraction of sp³-hybridized carbons (Fsp3) is 0.364. The van der Waals surface area contributed by atoms with E-state index in [1.54, 1.807) is 12.1 Å². The minimum Gasteiger partial charge on any atom is -0.490 e. The molecule has 2 rings (SSSR count). The third-order valence-corrected chi connectivity index (χ3v) is 2.54. The number of halogens is 1. The highest BCUT2D eigenvalue weighted by atomic mass is 19.1. The van der Waals surface area contributed by atoms with Gasteiger partial charge in [0.05, 0.1) is 0 Å². The second-order valence-corrected chi connectivity index (χ2v) is 3.81. The number of hydrogen-bond donors (Lipinski definition) is 2. The first-order chi connectivity index (χ1) is 7.63. The zero-order chi connectivity index (χ0) is 11.5. The molecule has 0 heterocycles. The van der Waals surface area contributed by atoms with Crippen LogP contribution in [-0.2, 0) is 0 Å². The van der Waals surface area contributed by atoms with Crippen LogP contribution >= 0.6 is 0 Å². The molecule has 1 aromatic carbocycles. The van der Waals surface area contributed by atoms with E-state index in [2.05, 4.69) is 5.32 Å². The Labute approximate surface area is 92.0 Å². The zero-order valence-corrected chi connectivity index (χ0v) is 8.52. The van der Waals surface area contributed by atoms with Crippen molar-refractivity contribution in [1.29, 1.82) is 0 Å². The van der Waals surface area contributed by atoms with Crippen molar-refractivity contribution in [3.05, 3.63) is 30.1 Å². The summed E-state index contributed by atoms with van der Waals surface area (Å²) < 4.78 is 18.1. The smallest absolute Gasteiger partial charge is 0.404 e. The quantitative estimate of drug-likeness (QED) is 0.827. The molecule has 16 heavy (non-hydrogen) atoms. The van der Waals surface area contributed by atoms with Gasteiger partial charge in [-0.1, -0.05) is 0 Å². The molecule has 4 nitrogen and oxygen atoms in total. The van der Waals surface area contributed by atoms with Gasteiger partial charge in [-0.05, 0) is 24.3 Å². The van der Waals surface area contributed by atoms with Crippen LogP contribution in [0.25, 0.3) is 0 Å². The molecular weight excluding hydrogens is 213 g/mol. The van der Waals surface area contributed by atoms with Crippen molar-refractivity contribution in [2.24, 2.45) is 0 Å². The number of rotatable bonds is 3. The van der Waals surface area contributed by atoms with Crippen molar-refractivity contribution < 1.29 is 19.0 Å². The van der Waals surface area contributed by atoms with Gasteiger partial charge in [-0.3, -0.25) is 0 Å². The molecule has 0 radical (unpaired) electrons. The van der Waals surface area contributed by atoms with Crippen molar-refractivity contribution in [3.63, 3.8) is 0 Å². The van der Waals surface area contributed by atoms with Gasteiger partial charge < -0.3 is 15.2 Å². The molecule has 1 aromatic rings. The van der Waals surface area contributed by atoms with Crippen molar-refractivity contribution >= 4 is 6.09 Å². The maximum Gasteiger partial charge on any atom is 0.404 e. The Morgan fingerprint density at radius 1 is 1.38 bits per heavy atom. The second kappa shape index (κ2) is 4.38. The van der Waals surface area contributed by atoms with Crippen molar-refractivity contribution in [1.82, 2.24) is 5.32 Å². The van der Waals surface area contributed by atoms with E-state index in [1.807, 2.05) is 0 Å². The SMILES string of the molecule is O=C(O)NC1CC(Oc2ccc(F)cc2)C1. The van der Waals surface area contributed by atoms with E-state index >= 15 is 0 Å². The minimum atomic E-state index is -1.01. The Morgan fingerprint density at radius 2 is 2.00 bits per heavy atom. The predicted octanol–water partition coefficient (Wildman–Crippen LogP) is 2.00. The van der Waals surface area contributed by atoms with Crippen LogP contribution < -0.4 is 10.1 Å². The summed E-state index contributed by atoms with van der Waals surface area (Å²) in [5.41, 5.74) is 0. The molecule has 1 aliphatic carbocycles. The molecule has 0 aliphatic heterocycles. The Morgan fingerprint density at radius 3 is 2.56 bits per heavy atom. The van der Waals surface area contributed by atoms with Gasteiger partial charge in [-0.15, -0.1) is 0 Å². The van der Waals surface area contributed by atoms with Crippen molar-refractivity contribution in [3.8, 4) is 5.75 Å². The lowest BCUT2D eigenvalue weighted by Gasteiger charge is -2.34. The highest BCUT2D eigenvalue weighted by Gasteiger charge is 2.31. The number of nitrogens with one attached hydrogen (secondary N) is 1. The maximum atomic E-state index is 12.6. The predicted molar refractivity (Wildman–Crippen MR) is 55.0 cm³/mol. The summed E-state index contributed by atoms with van der Waals surface area (Å²) in [5.74, 6) is 0.312. The lowest BCUT2D eigenvalue weighted by atomic mass is 9.89. The van der Waals surface area contributed by atoms with Crippen LogP contribution in [0.5, 0.6) is 5.75 Å². The summed E-state index contributed by atoms with van der Waals surface area (Å²) in [6, 6.07) is 5.77. The number of ether oxygens (including phenoxy) is 1. The summed E-state index contributed by atoms with van der Waals surface area (Å²) in [5, 5.41) is 10.8. The average molecular weight is 225 g/mol. The van der Waals surface area contributed by atoms with E-state index in [9.17, 15) is 9.18 Å². The van der Waals surface area contributed by atoms with Crippen molar-refractivity contribution in [2.45, 2.75) is 25.0 Å². The standard InChI is InChI=1S/C11H12FNO3/c12-7-1-3-9(4-2-7)16-10-5-8(6-10)13-11(14)15/h1-4,8,10,13H,5-6H2,(H,14,15). The molecule has 0 aromatic heterocycles. The highest BCUT2D eigenvalue weighted by molar-refractivity contribution is 5.65. The van der Waals surface area contributed by atoms with Crippen LogP contribution in [0.15, 0.2) is 24.3 Å².